The summed E-state index contributed by atoms with van der Waals surface area (Å²) in [6.07, 6.45) is -5.41. The molecule has 1 rings (SSSR count). The molecule has 1 fully saturated rings. The summed E-state index contributed by atoms with van der Waals surface area (Å²) in [6.45, 7) is -1.94. The number of cyclic esters (lactones) is 1. The van der Waals surface area contributed by atoms with Crippen LogP contribution < -0.4 is 0 Å². The van der Waals surface area contributed by atoms with Crippen LogP contribution in [0.15, 0.2) is 0 Å². The molecule has 1 heterocycles. The highest BCUT2D eigenvalue weighted by molar-refractivity contribution is 5.95. The summed E-state index contributed by atoms with van der Waals surface area (Å²) < 4.78 is 8.26. The maximum absolute atomic E-state index is 10.6. The van der Waals surface area contributed by atoms with E-state index in [1.54, 1.807) is 0 Å². The van der Waals surface area contributed by atoms with E-state index in [1.165, 1.54) is 0 Å². The first-order chi connectivity index (χ1) is 12.2. The van der Waals surface area contributed by atoms with Crippen LogP contribution in [0.25, 0.3) is 0 Å². The summed E-state index contributed by atoms with van der Waals surface area (Å²) in [5, 5.41) is 69.1. The second-order valence-electron chi connectivity index (χ2n) is 5.06. The van der Waals surface area contributed by atoms with Crippen molar-refractivity contribution in [2.75, 3.05) is 13.4 Å². The lowest BCUT2D eigenvalue weighted by Crippen LogP contribution is -2.56. The molecule has 15 nitrogen and oxygen atoms in total. The Morgan fingerprint density at radius 2 is 1.74 bits per heavy atom. The Morgan fingerprint density at radius 3 is 2.04 bits per heavy atom. The first-order valence-electron chi connectivity index (χ1n) is 6.67. The van der Waals surface area contributed by atoms with E-state index in [1.807, 2.05) is 0 Å². The number of carbonyl (C=O) groups is 5. The first kappa shape index (κ1) is 24.1. The predicted molar refractivity (Wildman–Crippen MR) is 74.0 cm³/mol. The van der Waals surface area contributed by atoms with Crippen molar-refractivity contribution in [3.63, 3.8) is 0 Å². The first-order valence-corrected chi connectivity index (χ1v) is 6.67. The van der Waals surface area contributed by atoms with E-state index in [0.29, 0.717) is 0 Å². The minimum Gasteiger partial charge on any atom is -0.479 e. The molecule has 0 amide bonds. The zero-order valence-corrected chi connectivity index (χ0v) is 13.2. The number of aliphatic carboxylic acids is 4. The third-order valence-corrected chi connectivity index (χ3v) is 3.16. The average Bonchev–Trinajstić information content (AvgIpc) is 2.88. The Morgan fingerprint density at radius 1 is 1.22 bits per heavy atom. The number of carboxylic acids is 4. The van der Waals surface area contributed by atoms with Gasteiger partial charge in [-0.3, -0.25) is 4.79 Å². The van der Waals surface area contributed by atoms with Gasteiger partial charge in [-0.25, -0.2) is 19.2 Å². The van der Waals surface area contributed by atoms with Gasteiger partial charge in [0.15, 0.2) is 6.10 Å². The van der Waals surface area contributed by atoms with E-state index in [-0.39, 0.29) is 0 Å². The minimum atomic E-state index is -2.98. The van der Waals surface area contributed by atoms with Gasteiger partial charge in [0.05, 0.1) is 13.0 Å². The highest BCUT2D eigenvalue weighted by Crippen LogP contribution is 2.27. The van der Waals surface area contributed by atoms with Gasteiger partial charge in [0.25, 0.3) is 0 Å². The van der Waals surface area contributed by atoms with Gasteiger partial charge in [0, 0.05) is 0 Å². The Balaban J connectivity index is 0.000000501. The smallest absolute Gasteiger partial charge is 0.348 e. The molecule has 0 aromatic rings. The molecule has 0 bridgehead atoms. The molecule has 0 radical (unpaired) electrons. The van der Waals surface area contributed by atoms with Gasteiger partial charge in [-0.05, 0) is 0 Å². The number of hydrogen-bond acceptors (Lipinski definition) is 11. The quantitative estimate of drug-likeness (QED) is 0.141. The van der Waals surface area contributed by atoms with E-state index in [4.69, 9.17) is 30.6 Å². The van der Waals surface area contributed by atoms with Gasteiger partial charge in [0.1, 0.15) is 6.79 Å². The summed E-state index contributed by atoms with van der Waals surface area (Å²) >= 11 is 0. The number of carboxylic acid groups (broad SMARTS) is 4. The molecule has 4 atom stereocenters. The van der Waals surface area contributed by atoms with Crippen molar-refractivity contribution in [1.82, 2.24) is 0 Å². The van der Waals surface area contributed by atoms with Crippen LogP contribution in [0.2, 0.25) is 0 Å². The Hall–Kier alpha value is -2.85. The number of esters is 1. The van der Waals surface area contributed by atoms with Crippen LogP contribution in [-0.4, -0.2) is 108 Å². The highest BCUT2D eigenvalue weighted by Gasteiger charge is 2.58. The second kappa shape index (κ2) is 9.19. The fraction of sp³-hybridized carbons (Fsp3) is 0.583. The minimum absolute atomic E-state index is 0.848. The molecule has 27 heavy (non-hydrogen) atoms. The number of hydrogen-bond donors (Lipinski definition) is 8. The van der Waals surface area contributed by atoms with Crippen LogP contribution in [0, 0.1) is 0 Å². The Kier molecular flexibility index (Phi) is 8.22. The summed E-state index contributed by atoms with van der Waals surface area (Å²) in [4.78, 5) is 52.0. The lowest BCUT2D eigenvalue weighted by Gasteiger charge is -2.25. The predicted octanol–water partition coefficient (Wildman–Crippen LogP) is -4.58. The molecule has 4 unspecified atom stereocenters. The number of carbonyl (C=O) groups excluding carboxylic acids is 1. The summed E-state index contributed by atoms with van der Waals surface area (Å²) in [7, 11) is 0. The van der Waals surface area contributed by atoms with Crippen molar-refractivity contribution < 1.29 is 74.3 Å². The van der Waals surface area contributed by atoms with Gasteiger partial charge in [0.2, 0.25) is 17.3 Å². The highest BCUT2D eigenvalue weighted by atomic mass is 16.6. The van der Waals surface area contributed by atoms with Crippen LogP contribution in [-0.2, 0) is 33.4 Å². The fourth-order valence-corrected chi connectivity index (χ4v) is 1.69. The zero-order chi connectivity index (χ0) is 21.6. The van der Waals surface area contributed by atoms with Gasteiger partial charge in [-0.2, -0.15) is 0 Å². The van der Waals surface area contributed by atoms with Crippen LogP contribution in [0.4, 0.5) is 0 Å². The number of aliphatic hydroxyl groups is 4. The monoisotopic (exact) mass is 400 g/mol. The SMILES string of the molecule is O=C(O)C(O)C(O)(COCO)C(=O)O.O=C1CC(O)(C(=O)O)C(C(=O)O)O1. The third-order valence-electron chi connectivity index (χ3n) is 3.16. The van der Waals surface area contributed by atoms with E-state index in [0.717, 1.165) is 0 Å². The molecule has 0 aromatic carbocycles. The molecular weight excluding hydrogens is 384 g/mol. The molecule has 1 aliphatic rings. The van der Waals surface area contributed by atoms with Crippen molar-refractivity contribution >= 4 is 29.8 Å². The van der Waals surface area contributed by atoms with E-state index in [2.05, 4.69) is 9.47 Å². The zero-order valence-electron chi connectivity index (χ0n) is 13.2. The van der Waals surface area contributed by atoms with Crippen molar-refractivity contribution in [1.29, 1.82) is 0 Å². The molecule has 1 aliphatic heterocycles. The molecule has 0 aromatic heterocycles. The number of ether oxygens (including phenoxy) is 2. The molecule has 0 saturated carbocycles. The molecule has 0 spiro atoms. The molecule has 0 aliphatic carbocycles. The van der Waals surface area contributed by atoms with Crippen molar-refractivity contribution in [2.45, 2.75) is 29.8 Å². The molecule has 15 heteroatoms. The molecule has 154 valence electrons. The average molecular weight is 400 g/mol. The fourth-order valence-electron chi connectivity index (χ4n) is 1.69. The topological polar surface area (TPSA) is 266 Å². The van der Waals surface area contributed by atoms with Crippen LogP contribution in [0.5, 0.6) is 0 Å². The van der Waals surface area contributed by atoms with Crippen molar-refractivity contribution in [3.05, 3.63) is 0 Å². The van der Waals surface area contributed by atoms with Crippen LogP contribution in [0.3, 0.4) is 0 Å². The Labute approximate surface area is 148 Å². The normalized spacial score (nSPS) is 24.6. The Bertz CT molecular complexity index is 614. The lowest BCUT2D eigenvalue weighted by atomic mass is 9.96. The van der Waals surface area contributed by atoms with Crippen molar-refractivity contribution in [3.8, 4) is 0 Å². The largest absolute Gasteiger partial charge is 0.479 e. The maximum Gasteiger partial charge on any atom is 0.348 e. The molecule has 8 N–H and O–H groups in total. The second-order valence-corrected chi connectivity index (χ2v) is 5.06. The van der Waals surface area contributed by atoms with Gasteiger partial charge < -0.3 is 50.3 Å². The van der Waals surface area contributed by atoms with Gasteiger partial charge in [-0.15, -0.1) is 0 Å². The van der Waals surface area contributed by atoms with Crippen LogP contribution >= 0.6 is 0 Å². The van der Waals surface area contributed by atoms with E-state index in [9.17, 15) is 34.2 Å². The number of rotatable bonds is 8. The van der Waals surface area contributed by atoms with E-state index < -0.39 is 73.1 Å². The summed E-state index contributed by atoms with van der Waals surface area (Å²) in [5.41, 5.74) is -5.63. The molecule has 1 saturated heterocycles. The standard InChI is InChI=1S/C6H10O8.C6H6O7/c7-2-14-1-6(13,5(11)12)3(8)4(9)10;7-2-1-6(12,5(10)11)3(13-2)4(8)9/h3,7-8,13H,1-2H2,(H,9,10)(H,11,12);3,12H,1H2,(H,8,9)(H,10,11). The lowest BCUT2D eigenvalue weighted by molar-refractivity contribution is -0.196. The number of aliphatic hydroxyl groups excluding tert-OH is 2. The van der Waals surface area contributed by atoms with E-state index >= 15 is 0 Å². The van der Waals surface area contributed by atoms with Gasteiger partial charge in [-0.1, -0.05) is 0 Å². The third kappa shape index (κ3) is 5.56. The van der Waals surface area contributed by atoms with Gasteiger partial charge >= 0.3 is 29.8 Å². The van der Waals surface area contributed by atoms with Crippen molar-refractivity contribution in [2.24, 2.45) is 0 Å². The summed E-state index contributed by atoms with van der Waals surface area (Å²) in [5.74, 6) is -8.38. The summed E-state index contributed by atoms with van der Waals surface area (Å²) in [6, 6.07) is 0. The maximum atomic E-state index is 10.6. The molecular formula is C12H16O15. The van der Waals surface area contributed by atoms with Crippen LogP contribution in [0.1, 0.15) is 6.42 Å².